The van der Waals surface area contributed by atoms with E-state index in [-0.39, 0.29) is 5.91 Å². The Morgan fingerprint density at radius 2 is 1.78 bits per heavy atom. The Balaban J connectivity index is 2.12. The lowest BCUT2D eigenvalue weighted by Crippen LogP contribution is -2.26. The lowest BCUT2D eigenvalue weighted by Gasteiger charge is -2.05. The molecule has 0 aliphatic rings. The first-order chi connectivity index (χ1) is 8.72. The van der Waals surface area contributed by atoms with Crippen LogP contribution in [0.2, 0.25) is 5.02 Å². The van der Waals surface area contributed by atoms with E-state index in [9.17, 15) is 4.79 Å². The van der Waals surface area contributed by atoms with Crippen LogP contribution in [-0.2, 0) is 11.2 Å². The number of hydrogen-bond acceptors (Lipinski definition) is 1. The van der Waals surface area contributed by atoms with Gasteiger partial charge in [-0.3, -0.25) is 4.79 Å². The van der Waals surface area contributed by atoms with Crippen molar-refractivity contribution in [2.24, 2.45) is 0 Å². The molecule has 1 N–H and O–H groups in total. The normalized spacial score (nSPS) is 10.3. The largest absolute Gasteiger partial charge is 0.356 e. The molecule has 0 saturated carbocycles. The molecule has 18 heavy (non-hydrogen) atoms. The number of carbonyl (C=O) groups is 1. The minimum atomic E-state index is 0.0891. The van der Waals surface area contributed by atoms with Gasteiger partial charge in [-0.2, -0.15) is 0 Å². The third kappa shape index (κ3) is 7.21. The van der Waals surface area contributed by atoms with Gasteiger partial charge in [-0.15, -0.1) is 0 Å². The number of nitrogens with one attached hydrogen (secondary N) is 1. The summed E-state index contributed by atoms with van der Waals surface area (Å²) < 4.78 is 1.22. The van der Waals surface area contributed by atoms with Crippen molar-refractivity contribution < 1.29 is 4.79 Å². The average molecular weight is 380 g/mol. The Hall–Kier alpha value is -0.290. The molecule has 0 radical (unpaired) electrons. The topological polar surface area (TPSA) is 29.1 Å². The van der Waals surface area contributed by atoms with E-state index in [1.54, 1.807) is 0 Å². The highest BCUT2D eigenvalue weighted by Crippen LogP contribution is 2.09. The predicted octanol–water partition coefficient (Wildman–Crippen LogP) is 3.99. The molecule has 0 aliphatic heterocycles. The molecule has 4 heteroatoms. The summed E-state index contributed by atoms with van der Waals surface area (Å²) in [5.41, 5.74) is 1.00. The summed E-state index contributed by atoms with van der Waals surface area (Å²) in [6.45, 7) is 0.785. The molecule has 1 amide bonds. The molecule has 0 bridgehead atoms. The number of alkyl halides is 1. The Labute approximate surface area is 128 Å². The maximum absolute atomic E-state index is 11.6. The number of hydrogen-bond donors (Lipinski definition) is 1. The molecule has 1 rings (SSSR count). The van der Waals surface area contributed by atoms with Crippen molar-refractivity contribution >= 4 is 40.1 Å². The third-order valence-corrected chi connectivity index (χ3v) is 3.68. The van der Waals surface area contributed by atoms with Gasteiger partial charge in [0.25, 0.3) is 0 Å². The first-order valence-electron chi connectivity index (χ1n) is 6.29. The number of carbonyl (C=O) groups excluding carboxylic acids is 1. The summed E-state index contributed by atoms with van der Waals surface area (Å²) in [4.78, 5) is 11.6. The van der Waals surface area contributed by atoms with Crippen LogP contribution in [0, 0.1) is 0 Å². The zero-order chi connectivity index (χ0) is 13.2. The van der Waals surface area contributed by atoms with E-state index in [0.717, 1.165) is 18.5 Å². The first-order valence-corrected chi connectivity index (χ1v) is 8.20. The van der Waals surface area contributed by atoms with Gasteiger partial charge in [-0.25, -0.2) is 0 Å². The van der Waals surface area contributed by atoms with Crippen molar-refractivity contribution in [1.82, 2.24) is 5.32 Å². The van der Waals surface area contributed by atoms with E-state index >= 15 is 0 Å². The maximum Gasteiger partial charge on any atom is 0.224 e. The Kier molecular flexibility index (Phi) is 8.42. The van der Waals surface area contributed by atoms with Crippen LogP contribution in [0.5, 0.6) is 0 Å². The second kappa shape index (κ2) is 9.62. The molecule has 0 aromatic heterocycles. The van der Waals surface area contributed by atoms with Gasteiger partial charge in [0.15, 0.2) is 0 Å². The summed E-state index contributed by atoms with van der Waals surface area (Å²) in [5.74, 6) is 0.0891. The molecule has 1 aromatic carbocycles. The molecule has 0 atom stereocenters. The van der Waals surface area contributed by atoms with E-state index in [1.165, 1.54) is 23.7 Å². The second-order valence-electron chi connectivity index (χ2n) is 4.26. The van der Waals surface area contributed by atoms with Gasteiger partial charge in [0.05, 0.1) is 6.42 Å². The smallest absolute Gasteiger partial charge is 0.224 e. The molecule has 0 unspecified atom stereocenters. The summed E-state index contributed by atoms with van der Waals surface area (Å²) in [6.07, 6.45) is 5.24. The summed E-state index contributed by atoms with van der Waals surface area (Å²) in [6, 6.07) is 7.41. The molecule has 0 saturated heterocycles. The van der Waals surface area contributed by atoms with Crippen LogP contribution in [0.3, 0.4) is 0 Å². The van der Waals surface area contributed by atoms with Crippen molar-refractivity contribution in [3.63, 3.8) is 0 Å². The Morgan fingerprint density at radius 1 is 1.11 bits per heavy atom. The van der Waals surface area contributed by atoms with Crippen molar-refractivity contribution in [1.29, 1.82) is 0 Å². The quantitative estimate of drug-likeness (QED) is 0.413. The number of benzene rings is 1. The molecular weight excluding hydrogens is 361 g/mol. The molecule has 0 heterocycles. The van der Waals surface area contributed by atoms with Gasteiger partial charge < -0.3 is 5.32 Å². The molecule has 0 fully saturated rings. The molecular formula is C14H19ClINO. The van der Waals surface area contributed by atoms with Gasteiger partial charge in [-0.05, 0) is 35.0 Å². The molecule has 100 valence electrons. The van der Waals surface area contributed by atoms with E-state index in [0.29, 0.717) is 11.4 Å². The van der Waals surface area contributed by atoms with Gasteiger partial charge in [0.2, 0.25) is 5.91 Å². The van der Waals surface area contributed by atoms with Crippen LogP contribution >= 0.6 is 34.2 Å². The van der Waals surface area contributed by atoms with Crippen LogP contribution in [0.15, 0.2) is 24.3 Å². The fourth-order valence-corrected chi connectivity index (χ4v) is 2.32. The van der Waals surface area contributed by atoms with Gasteiger partial charge in [-0.1, -0.05) is 59.2 Å². The van der Waals surface area contributed by atoms with E-state index in [2.05, 4.69) is 27.9 Å². The zero-order valence-corrected chi connectivity index (χ0v) is 13.3. The third-order valence-electron chi connectivity index (χ3n) is 2.66. The Morgan fingerprint density at radius 3 is 2.44 bits per heavy atom. The predicted molar refractivity (Wildman–Crippen MR) is 85.5 cm³/mol. The molecule has 0 spiro atoms. The van der Waals surface area contributed by atoms with Crippen molar-refractivity contribution in [2.45, 2.75) is 32.1 Å². The monoisotopic (exact) mass is 379 g/mol. The van der Waals surface area contributed by atoms with E-state index < -0.39 is 0 Å². The highest BCUT2D eigenvalue weighted by Gasteiger charge is 2.02. The van der Waals surface area contributed by atoms with Gasteiger partial charge >= 0.3 is 0 Å². The lowest BCUT2D eigenvalue weighted by atomic mass is 10.1. The second-order valence-corrected chi connectivity index (χ2v) is 5.77. The van der Waals surface area contributed by atoms with Gasteiger partial charge in [0.1, 0.15) is 0 Å². The van der Waals surface area contributed by atoms with Crippen LogP contribution in [0.4, 0.5) is 0 Å². The number of unbranched alkanes of at least 4 members (excludes halogenated alkanes) is 3. The maximum atomic E-state index is 11.6. The SMILES string of the molecule is O=C(Cc1ccc(Cl)cc1)NCCCCCCI. The zero-order valence-electron chi connectivity index (χ0n) is 10.4. The van der Waals surface area contributed by atoms with E-state index in [1.807, 2.05) is 24.3 Å². The van der Waals surface area contributed by atoms with Crippen LogP contribution in [0.25, 0.3) is 0 Å². The minimum Gasteiger partial charge on any atom is -0.356 e. The molecule has 1 aromatic rings. The number of amides is 1. The minimum absolute atomic E-state index is 0.0891. The first kappa shape index (κ1) is 15.8. The van der Waals surface area contributed by atoms with Crippen LogP contribution in [-0.4, -0.2) is 16.9 Å². The number of halogens is 2. The Bertz CT molecular complexity index is 353. The van der Waals surface area contributed by atoms with Crippen molar-refractivity contribution in [3.05, 3.63) is 34.9 Å². The highest BCUT2D eigenvalue weighted by atomic mass is 127. The summed E-state index contributed by atoms with van der Waals surface area (Å²) in [7, 11) is 0. The van der Waals surface area contributed by atoms with Crippen molar-refractivity contribution in [2.75, 3.05) is 11.0 Å². The lowest BCUT2D eigenvalue weighted by molar-refractivity contribution is -0.120. The summed E-state index contributed by atoms with van der Waals surface area (Å²) in [5, 5.41) is 3.65. The standard InChI is InChI=1S/C14H19ClINO/c15-13-7-5-12(6-8-13)11-14(18)17-10-4-2-1-3-9-16/h5-8H,1-4,9-11H2,(H,17,18). The van der Waals surface area contributed by atoms with Crippen molar-refractivity contribution in [3.8, 4) is 0 Å². The van der Waals surface area contributed by atoms with Gasteiger partial charge in [0, 0.05) is 11.6 Å². The molecule has 0 aliphatic carbocycles. The van der Waals surface area contributed by atoms with E-state index in [4.69, 9.17) is 11.6 Å². The summed E-state index contributed by atoms with van der Waals surface area (Å²) >= 11 is 8.19. The fraction of sp³-hybridized carbons (Fsp3) is 0.500. The fourth-order valence-electron chi connectivity index (χ4n) is 1.65. The average Bonchev–Trinajstić information content (AvgIpc) is 2.36. The molecule has 2 nitrogen and oxygen atoms in total. The number of rotatable bonds is 8. The van der Waals surface area contributed by atoms with Crippen LogP contribution in [0.1, 0.15) is 31.2 Å². The van der Waals surface area contributed by atoms with Crippen LogP contribution < -0.4 is 5.32 Å². The highest BCUT2D eigenvalue weighted by molar-refractivity contribution is 14.1.